The minimum atomic E-state index is -0.838. The van der Waals surface area contributed by atoms with Crippen LogP contribution in [0.5, 0.6) is 0 Å². The van der Waals surface area contributed by atoms with Crippen molar-refractivity contribution in [3.8, 4) is 0 Å². The standard InChI is InChI=1S/C36H43N3O6/c1-23(21-44-6)32(33(41)37-30-14-10-13-28(24(30)2)19-29(35(42)43)36(3,4)5)26-17-15-25(16-18-26)20-39-31(40)22-45-34(38-39)27-11-8-7-9-12-27/h7-18,23,29,32H,19-22H2,1-6H3,(H,37,41)(H,42,43). The summed E-state index contributed by atoms with van der Waals surface area (Å²) in [7, 11) is 1.61. The Labute approximate surface area is 265 Å². The van der Waals surface area contributed by atoms with Gasteiger partial charge in [-0.1, -0.05) is 82.3 Å². The number of nitrogens with one attached hydrogen (secondary N) is 1. The number of hydrazone groups is 1. The topological polar surface area (TPSA) is 118 Å². The number of nitrogens with zero attached hydrogens (tertiary/aromatic N) is 2. The van der Waals surface area contributed by atoms with Crippen LogP contribution in [0.2, 0.25) is 0 Å². The van der Waals surface area contributed by atoms with Gasteiger partial charge < -0.3 is 19.9 Å². The smallest absolute Gasteiger partial charge is 0.307 e. The van der Waals surface area contributed by atoms with Crippen molar-refractivity contribution in [3.63, 3.8) is 0 Å². The lowest BCUT2D eigenvalue weighted by atomic mass is 9.76. The first-order valence-corrected chi connectivity index (χ1v) is 15.2. The van der Waals surface area contributed by atoms with Crippen molar-refractivity contribution in [3.05, 3.63) is 101 Å². The molecule has 238 valence electrons. The number of aliphatic carboxylic acids is 1. The lowest BCUT2D eigenvalue weighted by Crippen LogP contribution is -2.36. The minimum absolute atomic E-state index is 0.0869. The lowest BCUT2D eigenvalue weighted by molar-refractivity contribution is -0.145. The summed E-state index contributed by atoms with van der Waals surface area (Å²) in [6.07, 6.45) is 0.363. The molecule has 2 amide bonds. The van der Waals surface area contributed by atoms with Gasteiger partial charge in [-0.2, -0.15) is 0 Å². The highest BCUT2D eigenvalue weighted by molar-refractivity contribution is 5.98. The highest BCUT2D eigenvalue weighted by atomic mass is 16.5. The van der Waals surface area contributed by atoms with Crippen LogP contribution in [0.1, 0.15) is 61.4 Å². The van der Waals surface area contributed by atoms with E-state index in [1.165, 1.54) is 5.01 Å². The van der Waals surface area contributed by atoms with E-state index < -0.39 is 23.2 Å². The fraction of sp³-hybridized carbons (Fsp3) is 0.389. The van der Waals surface area contributed by atoms with Gasteiger partial charge in [-0.15, -0.1) is 5.10 Å². The maximum absolute atomic E-state index is 13.9. The van der Waals surface area contributed by atoms with Gasteiger partial charge >= 0.3 is 5.97 Å². The molecule has 4 rings (SSSR count). The van der Waals surface area contributed by atoms with E-state index in [0.29, 0.717) is 24.6 Å². The molecule has 3 aromatic rings. The van der Waals surface area contributed by atoms with Crippen LogP contribution in [0.3, 0.4) is 0 Å². The Morgan fingerprint density at radius 3 is 2.36 bits per heavy atom. The van der Waals surface area contributed by atoms with Gasteiger partial charge in [-0.25, -0.2) is 5.01 Å². The molecule has 9 heteroatoms. The van der Waals surface area contributed by atoms with Gasteiger partial charge in [0.05, 0.1) is 18.4 Å². The molecule has 45 heavy (non-hydrogen) atoms. The Hall–Kier alpha value is -4.50. The van der Waals surface area contributed by atoms with Crippen molar-refractivity contribution < 1.29 is 29.0 Å². The average molecular weight is 614 g/mol. The van der Waals surface area contributed by atoms with E-state index in [-0.39, 0.29) is 30.9 Å². The number of benzene rings is 3. The fourth-order valence-corrected chi connectivity index (χ4v) is 5.58. The van der Waals surface area contributed by atoms with Gasteiger partial charge in [0.25, 0.3) is 5.91 Å². The number of carbonyl (C=O) groups excluding carboxylic acids is 2. The SMILES string of the molecule is COCC(C)C(C(=O)Nc1cccc(CC(C(=O)O)C(C)(C)C)c1C)c1ccc(CN2N=C(c3ccccc3)OCC2=O)cc1. The lowest BCUT2D eigenvalue weighted by Gasteiger charge is -2.28. The van der Waals surface area contributed by atoms with Gasteiger partial charge in [-0.05, 0) is 65.1 Å². The number of anilines is 1. The first-order chi connectivity index (χ1) is 21.4. The second kappa shape index (κ2) is 14.5. The summed E-state index contributed by atoms with van der Waals surface area (Å²) in [5.41, 5.74) is 4.43. The molecule has 0 bridgehead atoms. The molecule has 0 aliphatic carbocycles. The van der Waals surface area contributed by atoms with Crippen molar-refractivity contribution in [2.75, 3.05) is 25.6 Å². The quantitative estimate of drug-likeness (QED) is 0.258. The second-order valence-electron chi connectivity index (χ2n) is 12.7. The molecule has 0 spiro atoms. The summed E-state index contributed by atoms with van der Waals surface area (Å²) in [6, 6.07) is 22.7. The molecule has 1 heterocycles. The van der Waals surface area contributed by atoms with Crippen LogP contribution in [0, 0.1) is 24.2 Å². The number of methoxy groups -OCH3 is 1. The Balaban J connectivity index is 1.53. The number of hydrogen-bond acceptors (Lipinski definition) is 6. The van der Waals surface area contributed by atoms with Gasteiger partial charge in [0.1, 0.15) is 0 Å². The molecule has 3 aromatic carbocycles. The molecular formula is C36H43N3O6. The number of ether oxygens (including phenoxy) is 2. The zero-order valence-electron chi connectivity index (χ0n) is 26.9. The Bertz CT molecular complexity index is 1530. The Morgan fingerprint density at radius 1 is 1.04 bits per heavy atom. The van der Waals surface area contributed by atoms with E-state index in [1.807, 2.05) is 107 Å². The third kappa shape index (κ3) is 8.36. The molecule has 1 aliphatic rings. The molecule has 0 aromatic heterocycles. The third-order valence-corrected chi connectivity index (χ3v) is 8.28. The highest BCUT2D eigenvalue weighted by Crippen LogP contribution is 2.33. The van der Waals surface area contributed by atoms with Crippen molar-refractivity contribution in [2.45, 2.75) is 53.5 Å². The van der Waals surface area contributed by atoms with Crippen LogP contribution >= 0.6 is 0 Å². The zero-order valence-corrected chi connectivity index (χ0v) is 26.9. The summed E-state index contributed by atoms with van der Waals surface area (Å²) in [5.74, 6) is -2.09. The third-order valence-electron chi connectivity index (χ3n) is 8.28. The fourth-order valence-electron chi connectivity index (χ4n) is 5.58. The monoisotopic (exact) mass is 613 g/mol. The summed E-state index contributed by atoms with van der Waals surface area (Å²) in [5, 5.41) is 18.8. The van der Waals surface area contributed by atoms with Gasteiger partial charge in [0.15, 0.2) is 6.61 Å². The predicted molar refractivity (Wildman–Crippen MR) is 174 cm³/mol. The van der Waals surface area contributed by atoms with Crippen molar-refractivity contribution >= 4 is 29.4 Å². The van der Waals surface area contributed by atoms with Crippen molar-refractivity contribution in [1.82, 2.24) is 5.01 Å². The summed E-state index contributed by atoms with van der Waals surface area (Å²) >= 11 is 0. The zero-order chi connectivity index (χ0) is 32.7. The van der Waals surface area contributed by atoms with Crippen molar-refractivity contribution in [1.29, 1.82) is 0 Å². The first kappa shape index (κ1) is 33.4. The largest absolute Gasteiger partial charge is 0.481 e. The molecule has 0 radical (unpaired) electrons. The molecule has 3 unspecified atom stereocenters. The van der Waals surface area contributed by atoms with E-state index in [9.17, 15) is 19.5 Å². The van der Waals surface area contributed by atoms with Crippen LogP contribution in [-0.2, 0) is 36.8 Å². The molecule has 2 N–H and O–H groups in total. The van der Waals surface area contributed by atoms with Gasteiger partial charge in [0, 0.05) is 25.0 Å². The van der Waals surface area contributed by atoms with E-state index in [4.69, 9.17) is 9.47 Å². The van der Waals surface area contributed by atoms with E-state index >= 15 is 0 Å². The molecular weight excluding hydrogens is 570 g/mol. The minimum Gasteiger partial charge on any atom is -0.481 e. The molecule has 0 saturated carbocycles. The molecule has 0 saturated heterocycles. The second-order valence-corrected chi connectivity index (χ2v) is 12.7. The van der Waals surface area contributed by atoms with Crippen LogP contribution in [0.4, 0.5) is 5.69 Å². The predicted octanol–water partition coefficient (Wildman–Crippen LogP) is 6.01. The number of carboxylic acids is 1. The van der Waals surface area contributed by atoms with Gasteiger partial charge in [0.2, 0.25) is 11.8 Å². The number of amides is 2. The normalized spacial score (nSPS) is 15.5. The van der Waals surface area contributed by atoms with E-state index in [0.717, 1.165) is 27.8 Å². The summed E-state index contributed by atoms with van der Waals surface area (Å²) in [4.78, 5) is 38.4. The number of carbonyl (C=O) groups is 3. The van der Waals surface area contributed by atoms with Crippen LogP contribution < -0.4 is 5.32 Å². The summed E-state index contributed by atoms with van der Waals surface area (Å²) in [6.45, 7) is 10.2. The molecule has 1 aliphatic heterocycles. The maximum Gasteiger partial charge on any atom is 0.307 e. The van der Waals surface area contributed by atoms with Crippen LogP contribution in [0.25, 0.3) is 0 Å². The number of rotatable bonds is 12. The number of carboxylic acid groups (broad SMARTS) is 1. The van der Waals surface area contributed by atoms with Gasteiger partial charge in [-0.3, -0.25) is 14.4 Å². The summed E-state index contributed by atoms with van der Waals surface area (Å²) < 4.78 is 11.0. The van der Waals surface area contributed by atoms with Crippen molar-refractivity contribution in [2.24, 2.45) is 22.4 Å². The molecule has 0 fully saturated rings. The number of hydrogen-bond donors (Lipinski definition) is 2. The molecule has 9 nitrogen and oxygen atoms in total. The first-order valence-electron chi connectivity index (χ1n) is 15.2. The van der Waals surface area contributed by atoms with Crippen LogP contribution in [0.15, 0.2) is 77.9 Å². The van der Waals surface area contributed by atoms with Crippen LogP contribution in [-0.4, -0.2) is 54.1 Å². The van der Waals surface area contributed by atoms with E-state index in [1.54, 1.807) is 7.11 Å². The Kier molecular flexibility index (Phi) is 10.8. The Morgan fingerprint density at radius 2 is 1.73 bits per heavy atom. The highest BCUT2D eigenvalue weighted by Gasteiger charge is 2.32. The maximum atomic E-state index is 13.9. The molecule has 3 atom stereocenters. The average Bonchev–Trinajstić information content (AvgIpc) is 2.99. The van der Waals surface area contributed by atoms with E-state index in [2.05, 4.69) is 10.4 Å².